The van der Waals surface area contributed by atoms with Crippen molar-refractivity contribution < 1.29 is 0 Å². The average molecular weight is 210 g/mol. The first-order chi connectivity index (χ1) is 7.11. The van der Waals surface area contributed by atoms with E-state index in [4.69, 9.17) is 0 Å². The summed E-state index contributed by atoms with van der Waals surface area (Å²) in [7, 11) is 2.08. The average Bonchev–Trinajstić information content (AvgIpc) is 2.15. The monoisotopic (exact) mass is 210 g/mol. The van der Waals surface area contributed by atoms with E-state index in [2.05, 4.69) is 31.1 Å². The number of hydrogen-bond acceptors (Lipinski definition) is 2. The molecule has 1 saturated carbocycles. The van der Waals surface area contributed by atoms with Crippen LogP contribution in [0.25, 0.3) is 0 Å². The second-order valence-electron chi connectivity index (χ2n) is 6.31. The molecule has 0 aromatic rings. The third kappa shape index (κ3) is 2.73. The number of hydrogen-bond donors (Lipinski definition) is 1. The lowest BCUT2D eigenvalue weighted by atomic mass is 9.78. The number of nitrogens with zero attached hydrogens (tertiary/aromatic N) is 1. The van der Waals surface area contributed by atoms with Gasteiger partial charge in [-0.2, -0.15) is 0 Å². The summed E-state index contributed by atoms with van der Waals surface area (Å²) in [6.45, 7) is 8.64. The third-order valence-electron chi connectivity index (χ3n) is 4.03. The van der Waals surface area contributed by atoms with Crippen LogP contribution in [0.1, 0.15) is 39.5 Å². The minimum atomic E-state index is 0.593. The zero-order valence-electron chi connectivity index (χ0n) is 10.6. The highest BCUT2D eigenvalue weighted by Crippen LogP contribution is 2.36. The molecule has 2 fully saturated rings. The van der Waals surface area contributed by atoms with Crippen LogP contribution in [0.15, 0.2) is 0 Å². The van der Waals surface area contributed by atoms with E-state index in [1.807, 2.05) is 0 Å². The van der Waals surface area contributed by atoms with Gasteiger partial charge in [0.2, 0.25) is 0 Å². The van der Waals surface area contributed by atoms with Crippen LogP contribution in [-0.2, 0) is 0 Å². The Balaban J connectivity index is 1.78. The van der Waals surface area contributed by atoms with Crippen molar-refractivity contribution in [3.05, 3.63) is 0 Å². The minimum absolute atomic E-state index is 0.593. The molecule has 2 atom stereocenters. The van der Waals surface area contributed by atoms with Gasteiger partial charge in [0.25, 0.3) is 0 Å². The molecule has 0 aromatic carbocycles. The number of rotatable bonds is 3. The summed E-state index contributed by atoms with van der Waals surface area (Å²) < 4.78 is 0. The zero-order chi connectivity index (χ0) is 10.9. The summed E-state index contributed by atoms with van der Waals surface area (Å²) in [4.78, 5) is 2.71. The molecule has 1 N–H and O–H groups in total. The largest absolute Gasteiger partial charge is 0.319 e. The van der Waals surface area contributed by atoms with Gasteiger partial charge in [0.15, 0.2) is 0 Å². The molecular formula is C13H26N2. The quantitative estimate of drug-likeness (QED) is 0.767. The first-order valence-corrected chi connectivity index (χ1v) is 6.49. The van der Waals surface area contributed by atoms with Gasteiger partial charge >= 0.3 is 0 Å². The molecule has 2 nitrogen and oxygen atoms in total. The molecule has 0 bridgehead atoms. The Kier molecular flexibility index (Phi) is 3.36. The molecule has 0 spiro atoms. The van der Waals surface area contributed by atoms with Crippen molar-refractivity contribution in [2.24, 2.45) is 11.3 Å². The smallest absolute Gasteiger partial charge is 0.00988 e. The fourth-order valence-corrected chi connectivity index (χ4v) is 3.38. The van der Waals surface area contributed by atoms with Gasteiger partial charge in [-0.3, -0.25) is 4.90 Å². The molecule has 1 aliphatic carbocycles. The van der Waals surface area contributed by atoms with E-state index in [1.165, 1.54) is 45.3 Å². The molecule has 0 aromatic heterocycles. The van der Waals surface area contributed by atoms with Gasteiger partial charge in [-0.1, -0.05) is 20.3 Å². The Labute approximate surface area is 94.4 Å². The van der Waals surface area contributed by atoms with Crippen LogP contribution in [0, 0.1) is 11.3 Å². The van der Waals surface area contributed by atoms with Gasteiger partial charge in [-0.15, -0.1) is 0 Å². The Bertz CT molecular complexity index is 203. The van der Waals surface area contributed by atoms with E-state index in [0.29, 0.717) is 5.41 Å². The summed E-state index contributed by atoms with van der Waals surface area (Å²) in [6.07, 6.45) is 5.75. The normalized spacial score (nSPS) is 36.2. The summed E-state index contributed by atoms with van der Waals surface area (Å²) in [5.41, 5.74) is 0.593. The molecule has 2 heteroatoms. The Hall–Kier alpha value is -0.0800. The number of likely N-dealkylation sites (tertiary alicyclic amines) is 1. The van der Waals surface area contributed by atoms with Gasteiger partial charge in [0, 0.05) is 19.1 Å². The second kappa shape index (κ2) is 4.42. The van der Waals surface area contributed by atoms with Gasteiger partial charge in [0.05, 0.1) is 0 Å². The maximum atomic E-state index is 3.33. The van der Waals surface area contributed by atoms with Gasteiger partial charge in [0.1, 0.15) is 0 Å². The Morgan fingerprint density at radius 2 is 2.00 bits per heavy atom. The Morgan fingerprint density at radius 3 is 2.60 bits per heavy atom. The highest BCUT2D eigenvalue weighted by Gasteiger charge is 2.39. The molecule has 88 valence electrons. The van der Waals surface area contributed by atoms with E-state index >= 15 is 0 Å². The maximum Gasteiger partial charge on any atom is 0.00988 e. The van der Waals surface area contributed by atoms with Gasteiger partial charge < -0.3 is 5.32 Å². The highest BCUT2D eigenvalue weighted by molar-refractivity contribution is 4.93. The SMILES string of the molecule is CNCC1CCCC(N2CC(C)(C)C2)C1. The van der Waals surface area contributed by atoms with Gasteiger partial charge in [-0.25, -0.2) is 0 Å². The third-order valence-corrected chi connectivity index (χ3v) is 4.03. The second-order valence-corrected chi connectivity index (χ2v) is 6.31. The molecule has 0 radical (unpaired) electrons. The van der Waals surface area contributed by atoms with Crippen molar-refractivity contribution in [2.45, 2.75) is 45.6 Å². The van der Waals surface area contributed by atoms with E-state index in [1.54, 1.807) is 0 Å². The predicted molar refractivity (Wildman–Crippen MR) is 65.0 cm³/mol. The molecule has 15 heavy (non-hydrogen) atoms. The van der Waals surface area contributed by atoms with Crippen molar-refractivity contribution in [2.75, 3.05) is 26.7 Å². The standard InChI is InChI=1S/C13H26N2/c1-13(2)9-15(10-13)12-6-4-5-11(7-12)8-14-3/h11-12,14H,4-10H2,1-3H3. The van der Waals surface area contributed by atoms with Crippen LogP contribution in [0.4, 0.5) is 0 Å². The molecule has 1 saturated heterocycles. The molecule has 2 aliphatic rings. The molecular weight excluding hydrogens is 184 g/mol. The lowest BCUT2D eigenvalue weighted by Gasteiger charge is -2.51. The highest BCUT2D eigenvalue weighted by atomic mass is 15.2. The Morgan fingerprint density at radius 1 is 1.27 bits per heavy atom. The van der Waals surface area contributed by atoms with E-state index in [-0.39, 0.29) is 0 Å². The summed E-state index contributed by atoms with van der Waals surface area (Å²) >= 11 is 0. The molecule has 2 rings (SSSR count). The van der Waals surface area contributed by atoms with Gasteiger partial charge in [-0.05, 0) is 44.2 Å². The van der Waals surface area contributed by atoms with Crippen LogP contribution in [-0.4, -0.2) is 37.6 Å². The predicted octanol–water partition coefficient (Wildman–Crippen LogP) is 2.11. The van der Waals surface area contributed by atoms with E-state index in [0.717, 1.165) is 12.0 Å². The van der Waals surface area contributed by atoms with Crippen molar-refractivity contribution >= 4 is 0 Å². The fraction of sp³-hybridized carbons (Fsp3) is 1.00. The van der Waals surface area contributed by atoms with Crippen LogP contribution in [0.2, 0.25) is 0 Å². The molecule has 0 amide bonds. The zero-order valence-corrected chi connectivity index (χ0v) is 10.6. The summed E-state index contributed by atoms with van der Waals surface area (Å²) in [6, 6.07) is 0.894. The minimum Gasteiger partial charge on any atom is -0.319 e. The van der Waals surface area contributed by atoms with Crippen LogP contribution < -0.4 is 5.32 Å². The van der Waals surface area contributed by atoms with E-state index in [9.17, 15) is 0 Å². The molecule has 2 unspecified atom stereocenters. The van der Waals surface area contributed by atoms with Crippen LogP contribution in [0.5, 0.6) is 0 Å². The maximum absolute atomic E-state index is 3.33. The van der Waals surface area contributed by atoms with Crippen molar-refractivity contribution in [3.63, 3.8) is 0 Å². The first-order valence-electron chi connectivity index (χ1n) is 6.49. The first kappa shape index (κ1) is 11.4. The lowest BCUT2D eigenvalue weighted by Crippen LogP contribution is -2.58. The van der Waals surface area contributed by atoms with Crippen LogP contribution >= 0.6 is 0 Å². The summed E-state index contributed by atoms with van der Waals surface area (Å²) in [5, 5.41) is 3.33. The van der Waals surface area contributed by atoms with Crippen molar-refractivity contribution in [1.82, 2.24) is 10.2 Å². The topological polar surface area (TPSA) is 15.3 Å². The van der Waals surface area contributed by atoms with E-state index < -0.39 is 0 Å². The number of nitrogens with one attached hydrogen (secondary N) is 1. The lowest BCUT2D eigenvalue weighted by molar-refractivity contribution is -0.0247. The molecule has 1 aliphatic heterocycles. The molecule has 1 heterocycles. The summed E-state index contributed by atoms with van der Waals surface area (Å²) in [5.74, 6) is 0.928. The fourth-order valence-electron chi connectivity index (χ4n) is 3.38. The van der Waals surface area contributed by atoms with Crippen LogP contribution in [0.3, 0.4) is 0 Å². The van der Waals surface area contributed by atoms with Crippen molar-refractivity contribution in [3.8, 4) is 0 Å². The van der Waals surface area contributed by atoms with Crippen molar-refractivity contribution in [1.29, 1.82) is 0 Å².